The summed E-state index contributed by atoms with van der Waals surface area (Å²) in [4.78, 5) is 4.84. The number of aromatic nitrogens is 1. The third kappa shape index (κ3) is 2.65. The molecule has 2 heterocycles. The molecule has 0 saturated carbocycles. The quantitative estimate of drug-likeness (QED) is 0.404. The molecule has 0 unspecified atom stereocenters. The van der Waals surface area contributed by atoms with Gasteiger partial charge in [0.1, 0.15) is 6.17 Å². The average molecular weight is 382 g/mol. The molecule has 3 heteroatoms. The average Bonchev–Trinajstić information content (AvgIpc) is 3.27. The van der Waals surface area contributed by atoms with Gasteiger partial charge in [-0.3, -0.25) is 0 Å². The Morgan fingerprint density at radius 2 is 1.52 bits per heavy atom. The van der Waals surface area contributed by atoms with Crippen molar-refractivity contribution in [2.75, 3.05) is 4.90 Å². The molecule has 0 radical (unpaired) electrons. The van der Waals surface area contributed by atoms with Gasteiger partial charge in [-0.25, -0.2) is 0 Å². The summed E-state index contributed by atoms with van der Waals surface area (Å²) >= 11 is 0. The van der Waals surface area contributed by atoms with Crippen LogP contribution in [-0.2, 0) is 0 Å². The van der Waals surface area contributed by atoms with E-state index in [1.807, 2.05) is 0 Å². The van der Waals surface area contributed by atoms with E-state index in [-0.39, 0.29) is 6.17 Å². The van der Waals surface area contributed by atoms with Gasteiger partial charge >= 0.3 is 0 Å². The summed E-state index contributed by atoms with van der Waals surface area (Å²) in [6.07, 6.45) is 4.74. The summed E-state index contributed by atoms with van der Waals surface area (Å²) in [5, 5.41) is 2.60. The van der Waals surface area contributed by atoms with Crippen molar-refractivity contribution in [3.8, 4) is 5.69 Å². The third-order valence-corrected chi connectivity index (χ3v) is 6.11. The molecule has 0 saturated heterocycles. The van der Waals surface area contributed by atoms with Crippen molar-refractivity contribution in [1.82, 2.24) is 9.47 Å². The molecule has 1 aliphatic heterocycles. The number of para-hydroxylation sites is 2. The first-order chi connectivity index (χ1) is 14.1. The molecule has 0 fully saturated rings. The number of hydrogen-bond acceptors (Lipinski definition) is 2. The smallest absolute Gasteiger partial charge is 0.103 e. The zero-order valence-electron chi connectivity index (χ0n) is 17.5. The van der Waals surface area contributed by atoms with E-state index in [4.69, 9.17) is 0 Å². The van der Waals surface area contributed by atoms with E-state index in [0.717, 1.165) is 0 Å². The zero-order chi connectivity index (χ0) is 20.1. The first-order valence-corrected chi connectivity index (χ1v) is 10.4. The molecule has 5 rings (SSSR count). The Morgan fingerprint density at radius 1 is 0.793 bits per heavy atom. The molecule has 3 aromatic carbocycles. The van der Waals surface area contributed by atoms with Crippen molar-refractivity contribution in [1.29, 1.82) is 0 Å². The van der Waals surface area contributed by atoms with Crippen LogP contribution in [-0.4, -0.2) is 21.7 Å². The van der Waals surface area contributed by atoms with Gasteiger partial charge in [-0.2, -0.15) is 0 Å². The van der Waals surface area contributed by atoms with Gasteiger partial charge in [0.15, 0.2) is 0 Å². The maximum atomic E-state index is 2.43. The van der Waals surface area contributed by atoms with Crippen molar-refractivity contribution in [2.24, 2.45) is 0 Å². The van der Waals surface area contributed by atoms with E-state index in [1.165, 1.54) is 38.7 Å². The van der Waals surface area contributed by atoms with Gasteiger partial charge in [0.25, 0.3) is 0 Å². The predicted molar refractivity (Wildman–Crippen MR) is 124 cm³/mol. The molecule has 0 aliphatic carbocycles. The molecule has 0 N–H and O–H groups in total. The fraction of sp³-hybridized carbons (Fsp3) is 0.231. The van der Waals surface area contributed by atoms with Gasteiger partial charge < -0.3 is 14.4 Å². The summed E-state index contributed by atoms with van der Waals surface area (Å²) in [5.74, 6) is 0. The maximum Gasteiger partial charge on any atom is 0.103 e. The van der Waals surface area contributed by atoms with Crippen LogP contribution in [0.3, 0.4) is 0 Å². The molecule has 1 aromatic heterocycles. The second-order valence-electron chi connectivity index (χ2n) is 8.19. The molecular formula is C26H27N3. The van der Waals surface area contributed by atoms with Crippen LogP contribution in [0.15, 0.2) is 79.1 Å². The molecule has 1 atom stereocenters. The Hall–Kier alpha value is -3.20. The van der Waals surface area contributed by atoms with E-state index in [1.54, 1.807) is 0 Å². The minimum Gasteiger partial charge on any atom is -0.353 e. The SMILES string of the molecule is Cc1ccc2c3ccccc3n(-c3ccccc3)c2c1N1C=CN(C(C)C)[C@@H]1C. The van der Waals surface area contributed by atoms with Gasteiger partial charge in [0, 0.05) is 34.9 Å². The lowest BCUT2D eigenvalue weighted by Crippen LogP contribution is -2.40. The van der Waals surface area contributed by atoms with E-state index < -0.39 is 0 Å². The van der Waals surface area contributed by atoms with Crippen LogP contribution in [0, 0.1) is 6.92 Å². The molecule has 1 aliphatic rings. The summed E-state index contributed by atoms with van der Waals surface area (Å²) in [7, 11) is 0. The summed E-state index contributed by atoms with van der Waals surface area (Å²) in [5.41, 5.74) is 6.30. The Balaban J connectivity index is 1.86. The number of rotatable bonds is 3. The fourth-order valence-corrected chi connectivity index (χ4v) is 4.72. The van der Waals surface area contributed by atoms with E-state index in [9.17, 15) is 0 Å². The largest absolute Gasteiger partial charge is 0.353 e. The van der Waals surface area contributed by atoms with Crippen LogP contribution >= 0.6 is 0 Å². The van der Waals surface area contributed by atoms with E-state index in [2.05, 4.69) is 121 Å². The number of nitrogens with zero attached hydrogens (tertiary/aromatic N) is 3. The van der Waals surface area contributed by atoms with Crippen molar-refractivity contribution < 1.29 is 0 Å². The van der Waals surface area contributed by atoms with Crippen molar-refractivity contribution >= 4 is 27.5 Å². The van der Waals surface area contributed by atoms with Gasteiger partial charge in [0.2, 0.25) is 0 Å². The van der Waals surface area contributed by atoms with Crippen molar-refractivity contribution in [2.45, 2.75) is 39.9 Å². The topological polar surface area (TPSA) is 11.4 Å². The third-order valence-electron chi connectivity index (χ3n) is 6.11. The van der Waals surface area contributed by atoms with Gasteiger partial charge in [-0.05, 0) is 51.5 Å². The first kappa shape index (κ1) is 17.9. The highest BCUT2D eigenvalue weighted by Crippen LogP contribution is 2.41. The predicted octanol–water partition coefficient (Wildman–Crippen LogP) is 6.44. The van der Waals surface area contributed by atoms with Gasteiger partial charge in [-0.1, -0.05) is 48.5 Å². The second kappa shape index (κ2) is 6.70. The molecule has 146 valence electrons. The molecule has 0 spiro atoms. The molecule has 4 aromatic rings. The molecule has 0 bridgehead atoms. The van der Waals surface area contributed by atoms with Crippen LogP contribution < -0.4 is 4.90 Å². The highest BCUT2D eigenvalue weighted by atomic mass is 15.4. The highest BCUT2D eigenvalue weighted by Gasteiger charge is 2.29. The van der Waals surface area contributed by atoms with Crippen LogP contribution in [0.1, 0.15) is 26.3 Å². The number of aryl methyl sites for hydroxylation is 1. The highest BCUT2D eigenvalue weighted by molar-refractivity contribution is 6.14. The van der Waals surface area contributed by atoms with Gasteiger partial charge in [0.05, 0.1) is 16.7 Å². The molecular weight excluding hydrogens is 354 g/mol. The van der Waals surface area contributed by atoms with Crippen LogP contribution in [0.5, 0.6) is 0 Å². The van der Waals surface area contributed by atoms with Gasteiger partial charge in [-0.15, -0.1) is 0 Å². The van der Waals surface area contributed by atoms with E-state index in [0.29, 0.717) is 6.04 Å². The van der Waals surface area contributed by atoms with Crippen LogP contribution in [0.2, 0.25) is 0 Å². The number of benzene rings is 3. The Labute approximate surface area is 172 Å². The lowest BCUT2D eigenvalue weighted by atomic mass is 10.1. The Bertz CT molecular complexity index is 1220. The minimum absolute atomic E-state index is 0.279. The maximum absolute atomic E-state index is 2.43. The lowest BCUT2D eigenvalue weighted by molar-refractivity contribution is 0.263. The molecule has 3 nitrogen and oxygen atoms in total. The first-order valence-electron chi connectivity index (χ1n) is 10.4. The monoisotopic (exact) mass is 381 g/mol. The summed E-state index contributed by atoms with van der Waals surface area (Å²) in [6, 6.07) is 24.4. The van der Waals surface area contributed by atoms with Crippen molar-refractivity contribution in [3.63, 3.8) is 0 Å². The zero-order valence-corrected chi connectivity index (χ0v) is 17.5. The van der Waals surface area contributed by atoms with Crippen LogP contribution in [0.25, 0.3) is 27.5 Å². The lowest BCUT2D eigenvalue weighted by Gasteiger charge is -2.33. The van der Waals surface area contributed by atoms with E-state index >= 15 is 0 Å². The standard InChI is InChI=1S/C26H27N3/c1-18(2)27-16-17-28(20(27)4)25-19(3)14-15-23-22-12-8-9-13-24(22)29(26(23)25)21-10-6-5-7-11-21/h5-18,20H,1-4H3/t20-/m0/s1. The summed E-state index contributed by atoms with van der Waals surface area (Å²) in [6.45, 7) is 9.01. The summed E-state index contributed by atoms with van der Waals surface area (Å²) < 4.78 is 2.42. The Morgan fingerprint density at radius 3 is 2.24 bits per heavy atom. The number of anilines is 1. The number of fused-ring (bicyclic) bond motifs is 3. The van der Waals surface area contributed by atoms with Crippen molar-refractivity contribution in [3.05, 3.63) is 84.7 Å². The number of hydrogen-bond donors (Lipinski definition) is 0. The molecule has 29 heavy (non-hydrogen) atoms. The minimum atomic E-state index is 0.279. The Kier molecular flexibility index (Phi) is 4.13. The normalized spacial score (nSPS) is 16.7. The van der Waals surface area contributed by atoms with Crippen LogP contribution in [0.4, 0.5) is 5.69 Å². The fourth-order valence-electron chi connectivity index (χ4n) is 4.72. The molecule has 0 amide bonds. The second-order valence-corrected chi connectivity index (χ2v) is 8.19.